The fourth-order valence-electron chi connectivity index (χ4n) is 2.52. The highest BCUT2D eigenvalue weighted by Crippen LogP contribution is 2.27. The van der Waals surface area contributed by atoms with Gasteiger partial charge in [-0.25, -0.2) is 4.98 Å². The third-order valence-corrected chi connectivity index (χ3v) is 4.00. The third-order valence-electron chi connectivity index (χ3n) is 4.00. The van der Waals surface area contributed by atoms with Gasteiger partial charge in [-0.1, -0.05) is 13.3 Å². The lowest BCUT2D eigenvalue weighted by Crippen LogP contribution is -2.29. The van der Waals surface area contributed by atoms with Crippen LogP contribution < -0.4 is 10.6 Å². The molecule has 1 heterocycles. The van der Waals surface area contributed by atoms with Gasteiger partial charge in [0.25, 0.3) is 0 Å². The SMILES string of the molecule is CCCCc1nc2ccc(NC(=O)CNCC3CC3)cc2[nH]1.Cl.Cl. The monoisotopic (exact) mass is 372 g/mol. The van der Waals surface area contributed by atoms with Gasteiger partial charge in [0.05, 0.1) is 17.6 Å². The number of aromatic amines is 1. The first-order valence-electron chi connectivity index (χ1n) is 8.24. The van der Waals surface area contributed by atoms with Crippen molar-refractivity contribution < 1.29 is 4.79 Å². The van der Waals surface area contributed by atoms with Crippen molar-refractivity contribution in [1.29, 1.82) is 0 Å². The molecule has 1 aromatic carbocycles. The van der Waals surface area contributed by atoms with Crippen LogP contribution in [0.4, 0.5) is 5.69 Å². The van der Waals surface area contributed by atoms with Gasteiger partial charge in [-0.15, -0.1) is 24.8 Å². The van der Waals surface area contributed by atoms with Crippen LogP contribution in [0.1, 0.15) is 38.4 Å². The zero-order valence-corrected chi connectivity index (χ0v) is 15.6. The number of amides is 1. The lowest BCUT2D eigenvalue weighted by Gasteiger charge is -2.06. The van der Waals surface area contributed by atoms with Gasteiger partial charge < -0.3 is 15.6 Å². The molecule has 0 radical (unpaired) electrons. The van der Waals surface area contributed by atoms with Crippen LogP contribution in [-0.2, 0) is 11.2 Å². The molecule has 7 heteroatoms. The second-order valence-corrected chi connectivity index (χ2v) is 6.14. The van der Waals surface area contributed by atoms with Crippen molar-refractivity contribution in [2.45, 2.75) is 39.0 Å². The number of rotatable bonds is 8. The molecular formula is C17H26Cl2N4O. The molecular weight excluding hydrogens is 347 g/mol. The molecule has 24 heavy (non-hydrogen) atoms. The molecule has 0 bridgehead atoms. The number of nitrogens with one attached hydrogen (secondary N) is 3. The third kappa shape index (κ3) is 5.96. The lowest BCUT2D eigenvalue weighted by molar-refractivity contribution is -0.115. The fraction of sp³-hybridized carbons (Fsp3) is 0.529. The summed E-state index contributed by atoms with van der Waals surface area (Å²) in [4.78, 5) is 19.8. The first kappa shape index (κ1) is 20.7. The number of unbranched alkanes of at least 4 members (excludes halogenated alkanes) is 1. The Bertz CT molecular complexity index is 655. The van der Waals surface area contributed by atoms with Gasteiger partial charge in [0.1, 0.15) is 5.82 Å². The number of carbonyl (C=O) groups is 1. The minimum absolute atomic E-state index is 0. The second-order valence-electron chi connectivity index (χ2n) is 6.14. The molecule has 0 atom stereocenters. The maximum atomic E-state index is 11.9. The molecule has 0 aliphatic heterocycles. The number of H-pyrrole nitrogens is 1. The van der Waals surface area contributed by atoms with E-state index in [-0.39, 0.29) is 30.7 Å². The molecule has 2 aromatic rings. The molecule has 134 valence electrons. The summed E-state index contributed by atoms with van der Waals surface area (Å²) in [7, 11) is 0. The van der Waals surface area contributed by atoms with E-state index in [0.29, 0.717) is 6.54 Å². The number of imidazole rings is 1. The molecule has 5 nitrogen and oxygen atoms in total. The Labute approximate surface area is 155 Å². The zero-order chi connectivity index (χ0) is 15.4. The van der Waals surface area contributed by atoms with Gasteiger partial charge >= 0.3 is 0 Å². The average molecular weight is 373 g/mol. The van der Waals surface area contributed by atoms with Gasteiger partial charge in [-0.05, 0) is 49.9 Å². The molecule has 0 spiro atoms. The van der Waals surface area contributed by atoms with Crippen LogP contribution >= 0.6 is 24.8 Å². The number of nitrogens with zero attached hydrogens (tertiary/aromatic N) is 1. The predicted octanol–water partition coefficient (Wildman–Crippen LogP) is 3.69. The second kappa shape index (κ2) is 9.87. The molecule has 1 saturated carbocycles. The number of halogens is 2. The van der Waals surface area contributed by atoms with E-state index in [9.17, 15) is 4.79 Å². The number of aryl methyl sites for hydroxylation is 1. The topological polar surface area (TPSA) is 69.8 Å². The molecule has 1 aliphatic rings. The van der Waals surface area contributed by atoms with E-state index in [2.05, 4.69) is 27.5 Å². The summed E-state index contributed by atoms with van der Waals surface area (Å²) in [5.41, 5.74) is 2.75. The molecule has 0 saturated heterocycles. The molecule has 1 aliphatic carbocycles. The summed E-state index contributed by atoms with van der Waals surface area (Å²) in [6.07, 6.45) is 5.86. The van der Waals surface area contributed by atoms with E-state index in [1.165, 1.54) is 12.8 Å². The normalized spacial score (nSPS) is 13.2. The minimum atomic E-state index is 0. The number of fused-ring (bicyclic) bond motifs is 1. The first-order chi connectivity index (χ1) is 10.7. The van der Waals surface area contributed by atoms with Crippen molar-refractivity contribution in [3.05, 3.63) is 24.0 Å². The zero-order valence-electron chi connectivity index (χ0n) is 13.9. The minimum Gasteiger partial charge on any atom is -0.342 e. The summed E-state index contributed by atoms with van der Waals surface area (Å²) >= 11 is 0. The van der Waals surface area contributed by atoms with Gasteiger partial charge in [-0.2, -0.15) is 0 Å². The number of aromatic nitrogens is 2. The highest BCUT2D eigenvalue weighted by atomic mass is 35.5. The van der Waals surface area contributed by atoms with E-state index >= 15 is 0 Å². The van der Waals surface area contributed by atoms with E-state index in [1.54, 1.807) is 0 Å². The van der Waals surface area contributed by atoms with Crippen molar-refractivity contribution in [1.82, 2.24) is 15.3 Å². The molecule has 1 amide bonds. The van der Waals surface area contributed by atoms with Gasteiger partial charge in [-0.3, -0.25) is 4.79 Å². The van der Waals surface area contributed by atoms with Crippen LogP contribution in [-0.4, -0.2) is 29.0 Å². The predicted molar refractivity (Wildman–Crippen MR) is 103 cm³/mol. The largest absolute Gasteiger partial charge is 0.342 e. The summed E-state index contributed by atoms with van der Waals surface area (Å²) in [5, 5.41) is 6.13. The first-order valence-corrected chi connectivity index (χ1v) is 8.24. The average Bonchev–Trinajstić information content (AvgIpc) is 3.23. The number of hydrogen-bond donors (Lipinski definition) is 3. The van der Waals surface area contributed by atoms with Crippen molar-refractivity contribution in [2.24, 2.45) is 5.92 Å². The summed E-state index contributed by atoms with van der Waals surface area (Å²) < 4.78 is 0. The Morgan fingerprint density at radius 2 is 2.12 bits per heavy atom. The Balaban J connectivity index is 0.00000144. The maximum absolute atomic E-state index is 11.9. The maximum Gasteiger partial charge on any atom is 0.238 e. The number of benzene rings is 1. The highest BCUT2D eigenvalue weighted by molar-refractivity contribution is 5.94. The quantitative estimate of drug-likeness (QED) is 0.661. The molecule has 1 aromatic heterocycles. The van der Waals surface area contributed by atoms with E-state index < -0.39 is 0 Å². The van der Waals surface area contributed by atoms with Crippen LogP contribution in [0.15, 0.2) is 18.2 Å². The summed E-state index contributed by atoms with van der Waals surface area (Å²) in [6.45, 7) is 3.50. The number of anilines is 1. The highest BCUT2D eigenvalue weighted by Gasteiger charge is 2.20. The van der Waals surface area contributed by atoms with Gasteiger partial charge in [0.2, 0.25) is 5.91 Å². The molecule has 0 unspecified atom stereocenters. The summed E-state index contributed by atoms with van der Waals surface area (Å²) in [6, 6.07) is 5.82. The van der Waals surface area contributed by atoms with Crippen molar-refractivity contribution in [2.75, 3.05) is 18.4 Å². The van der Waals surface area contributed by atoms with E-state index in [4.69, 9.17) is 0 Å². The molecule has 1 fully saturated rings. The van der Waals surface area contributed by atoms with Crippen LogP contribution in [0, 0.1) is 5.92 Å². The van der Waals surface area contributed by atoms with Gasteiger partial charge in [0.15, 0.2) is 0 Å². The summed E-state index contributed by atoms with van der Waals surface area (Å²) in [5.74, 6) is 1.81. The van der Waals surface area contributed by atoms with Gasteiger partial charge in [0, 0.05) is 12.1 Å². The van der Waals surface area contributed by atoms with Crippen LogP contribution in [0.3, 0.4) is 0 Å². The van der Waals surface area contributed by atoms with Crippen LogP contribution in [0.5, 0.6) is 0 Å². The standard InChI is InChI=1S/C17H24N4O.2ClH/c1-2-3-4-16-20-14-8-7-13(9-15(14)21-16)19-17(22)11-18-10-12-5-6-12;;/h7-9,12,18H,2-6,10-11H2,1H3,(H,19,22)(H,20,21);2*1H. The van der Waals surface area contributed by atoms with E-state index in [1.807, 2.05) is 18.2 Å². The van der Waals surface area contributed by atoms with E-state index in [0.717, 1.165) is 54.3 Å². The van der Waals surface area contributed by atoms with Crippen LogP contribution in [0.2, 0.25) is 0 Å². The lowest BCUT2D eigenvalue weighted by atomic mass is 10.2. The number of hydrogen-bond acceptors (Lipinski definition) is 3. The molecule has 3 rings (SSSR count). The van der Waals surface area contributed by atoms with Crippen molar-refractivity contribution >= 4 is 47.4 Å². The smallest absolute Gasteiger partial charge is 0.238 e. The Hall–Kier alpha value is -1.30. The Morgan fingerprint density at radius 3 is 2.83 bits per heavy atom. The fourth-order valence-corrected chi connectivity index (χ4v) is 2.52. The number of carbonyl (C=O) groups excluding carboxylic acids is 1. The van der Waals surface area contributed by atoms with Crippen molar-refractivity contribution in [3.63, 3.8) is 0 Å². The Morgan fingerprint density at radius 1 is 1.33 bits per heavy atom. The Kier molecular flexibility index (Phi) is 8.53. The molecule has 3 N–H and O–H groups in total. The van der Waals surface area contributed by atoms with Crippen LogP contribution in [0.25, 0.3) is 11.0 Å². The van der Waals surface area contributed by atoms with Crippen molar-refractivity contribution in [3.8, 4) is 0 Å².